The van der Waals surface area contributed by atoms with Crippen LogP contribution < -0.4 is 5.32 Å². The molecule has 0 spiro atoms. The minimum atomic E-state index is 0.777. The van der Waals surface area contributed by atoms with Crippen LogP contribution in [0, 0.1) is 0 Å². The molecule has 1 aromatic carbocycles. The van der Waals surface area contributed by atoms with Gasteiger partial charge in [-0.1, -0.05) is 12.1 Å². The van der Waals surface area contributed by atoms with Gasteiger partial charge in [-0.25, -0.2) is 4.98 Å². The highest BCUT2D eigenvalue weighted by Crippen LogP contribution is 2.23. The summed E-state index contributed by atoms with van der Waals surface area (Å²) in [7, 11) is 0. The fraction of sp³-hybridized carbons (Fsp3) is 0.400. The van der Waals surface area contributed by atoms with E-state index in [1.54, 1.807) is 6.20 Å². The van der Waals surface area contributed by atoms with E-state index in [-0.39, 0.29) is 0 Å². The Morgan fingerprint density at radius 2 is 2.15 bits per heavy atom. The molecule has 1 aromatic heterocycles. The lowest BCUT2D eigenvalue weighted by atomic mass is 10.2. The van der Waals surface area contributed by atoms with Gasteiger partial charge in [0.15, 0.2) is 0 Å². The normalized spacial score (nSPS) is 19.1. The molecule has 1 N–H and O–H groups in total. The van der Waals surface area contributed by atoms with Gasteiger partial charge in [-0.15, -0.1) is 0 Å². The number of imidazole rings is 1. The molecule has 1 fully saturated rings. The van der Waals surface area contributed by atoms with Crippen molar-refractivity contribution in [2.45, 2.75) is 11.8 Å². The van der Waals surface area contributed by atoms with E-state index in [9.17, 15) is 0 Å². The minimum Gasteiger partial charge on any atom is -0.312 e. The van der Waals surface area contributed by atoms with Crippen LogP contribution in [0.4, 0.5) is 0 Å². The Balaban J connectivity index is 1.48. The van der Waals surface area contributed by atoms with Crippen molar-refractivity contribution in [3.63, 3.8) is 0 Å². The molecule has 1 atom stereocenters. The van der Waals surface area contributed by atoms with E-state index in [2.05, 4.69) is 58.1 Å². The molecular formula is C15H19N3S2. The van der Waals surface area contributed by atoms with Gasteiger partial charge in [0.25, 0.3) is 0 Å². The monoisotopic (exact) mass is 305 g/mol. The van der Waals surface area contributed by atoms with Crippen LogP contribution in [0.1, 0.15) is 5.56 Å². The van der Waals surface area contributed by atoms with E-state index in [4.69, 9.17) is 0 Å². The van der Waals surface area contributed by atoms with Gasteiger partial charge < -0.3 is 9.88 Å². The van der Waals surface area contributed by atoms with Gasteiger partial charge in [-0.2, -0.15) is 23.5 Å². The summed E-state index contributed by atoms with van der Waals surface area (Å²) in [5.41, 5.74) is 2.49. The molecule has 1 unspecified atom stereocenters. The molecule has 0 amide bonds. The van der Waals surface area contributed by atoms with Gasteiger partial charge in [0.1, 0.15) is 0 Å². The van der Waals surface area contributed by atoms with E-state index in [0.29, 0.717) is 0 Å². The average molecular weight is 305 g/mol. The first kappa shape index (κ1) is 14.0. The van der Waals surface area contributed by atoms with Crippen molar-refractivity contribution < 1.29 is 0 Å². The van der Waals surface area contributed by atoms with Crippen molar-refractivity contribution >= 4 is 23.5 Å². The maximum absolute atomic E-state index is 4.07. The predicted octanol–water partition coefficient (Wildman–Crippen LogP) is 2.81. The predicted molar refractivity (Wildman–Crippen MR) is 88.8 cm³/mol. The lowest BCUT2D eigenvalue weighted by Crippen LogP contribution is -2.28. The molecule has 2 aromatic rings. The summed E-state index contributed by atoms with van der Waals surface area (Å²) in [6.45, 7) is 2.06. The highest BCUT2D eigenvalue weighted by Gasteiger charge is 2.13. The Morgan fingerprint density at radius 1 is 1.25 bits per heavy atom. The molecule has 0 aliphatic carbocycles. The summed E-state index contributed by atoms with van der Waals surface area (Å²) < 4.78 is 2.02. The van der Waals surface area contributed by atoms with Crippen molar-refractivity contribution in [2.24, 2.45) is 0 Å². The molecule has 1 aliphatic heterocycles. The van der Waals surface area contributed by atoms with Gasteiger partial charge in [-0.3, -0.25) is 0 Å². The third kappa shape index (κ3) is 3.81. The first-order valence-electron chi connectivity index (χ1n) is 6.89. The summed E-state index contributed by atoms with van der Waals surface area (Å²) in [6.07, 6.45) is 5.59. The number of benzene rings is 1. The topological polar surface area (TPSA) is 29.9 Å². The maximum Gasteiger partial charge on any atom is 0.0991 e. The molecule has 0 radical (unpaired) electrons. The summed E-state index contributed by atoms with van der Waals surface area (Å²) in [4.78, 5) is 4.07. The highest BCUT2D eigenvalue weighted by molar-refractivity contribution is 8.06. The zero-order valence-corrected chi connectivity index (χ0v) is 13.0. The third-order valence-electron chi connectivity index (χ3n) is 3.32. The number of thioether (sulfide) groups is 2. The number of aromatic nitrogens is 2. The summed E-state index contributed by atoms with van der Waals surface area (Å²) >= 11 is 4.19. The largest absolute Gasteiger partial charge is 0.312 e. The van der Waals surface area contributed by atoms with Crippen LogP contribution in [0.5, 0.6) is 0 Å². The van der Waals surface area contributed by atoms with Crippen molar-refractivity contribution in [3.8, 4) is 5.69 Å². The molecule has 3 nitrogen and oxygen atoms in total. The van der Waals surface area contributed by atoms with E-state index in [1.165, 1.54) is 22.8 Å². The fourth-order valence-electron chi connectivity index (χ4n) is 2.23. The van der Waals surface area contributed by atoms with Gasteiger partial charge >= 0.3 is 0 Å². The summed E-state index contributed by atoms with van der Waals surface area (Å²) in [5, 5.41) is 4.35. The van der Waals surface area contributed by atoms with E-state index in [0.717, 1.165) is 24.0 Å². The molecule has 5 heteroatoms. The van der Waals surface area contributed by atoms with Crippen molar-refractivity contribution in [1.29, 1.82) is 0 Å². The second-order valence-electron chi connectivity index (χ2n) is 4.84. The first-order chi connectivity index (χ1) is 9.92. The zero-order chi connectivity index (χ0) is 13.6. The van der Waals surface area contributed by atoms with Crippen LogP contribution in [0.15, 0.2) is 43.0 Å². The van der Waals surface area contributed by atoms with Gasteiger partial charge in [0.2, 0.25) is 0 Å². The Bertz CT molecular complexity index is 504. The maximum atomic E-state index is 4.07. The van der Waals surface area contributed by atoms with Crippen molar-refractivity contribution in [1.82, 2.24) is 14.9 Å². The first-order valence-corrected chi connectivity index (χ1v) is 9.09. The highest BCUT2D eigenvalue weighted by atomic mass is 32.2. The smallest absolute Gasteiger partial charge is 0.0991 e. The molecular weight excluding hydrogens is 286 g/mol. The molecule has 2 heterocycles. The van der Waals surface area contributed by atoms with Crippen LogP contribution in [0.3, 0.4) is 0 Å². The van der Waals surface area contributed by atoms with E-state index in [1.807, 2.05) is 17.1 Å². The van der Waals surface area contributed by atoms with Crippen molar-refractivity contribution in [3.05, 3.63) is 48.5 Å². The molecule has 1 saturated heterocycles. The number of rotatable bonds is 5. The van der Waals surface area contributed by atoms with E-state index >= 15 is 0 Å². The van der Waals surface area contributed by atoms with Gasteiger partial charge in [0.05, 0.1) is 6.33 Å². The van der Waals surface area contributed by atoms with Crippen LogP contribution in [0.2, 0.25) is 0 Å². The molecule has 1 aliphatic rings. The summed E-state index contributed by atoms with van der Waals surface area (Å²) in [5.74, 6) is 3.91. The Kier molecular flexibility index (Phi) is 5.06. The van der Waals surface area contributed by atoms with Crippen molar-refractivity contribution in [2.75, 3.05) is 23.8 Å². The van der Waals surface area contributed by atoms with Crippen LogP contribution in [-0.4, -0.2) is 38.6 Å². The SMILES string of the molecule is c1cn(-c2ccc(CNCC3CSCCS3)cc2)cn1. The number of hydrogen-bond donors (Lipinski definition) is 1. The quantitative estimate of drug-likeness (QED) is 0.920. The average Bonchev–Trinajstić information content (AvgIpc) is 3.03. The summed E-state index contributed by atoms with van der Waals surface area (Å²) in [6, 6.07) is 8.66. The standard InChI is InChI=1S/C15H19N3S2/c1-3-14(18-6-5-16-12-18)4-2-13(1)9-17-10-15-11-19-7-8-20-15/h1-6,12,15,17H,7-11H2. The Hall–Kier alpha value is -0.910. The van der Waals surface area contributed by atoms with Crippen LogP contribution in [-0.2, 0) is 6.54 Å². The number of hydrogen-bond acceptors (Lipinski definition) is 4. The third-order valence-corrected chi connectivity index (χ3v) is 6.17. The Morgan fingerprint density at radius 3 is 2.85 bits per heavy atom. The second-order valence-corrected chi connectivity index (χ2v) is 7.39. The second kappa shape index (κ2) is 7.20. The molecule has 0 bridgehead atoms. The lowest BCUT2D eigenvalue weighted by Gasteiger charge is -2.21. The fourth-order valence-corrected chi connectivity index (χ4v) is 4.88. The minimum absolute atomic E-state index is 0.777. The molecule has 106 valence electrons. The number of nitrogens with one attached hydrogen (secondary N) is 1. The van der Waals surface area contributed by atoms with Crippen LogP contribution >= 0.6 is 23.5 Å². The van der Waals surface area contributed by atoms with Crippen LogP contribution in [0.25, 0.3) is 5.69 Å². The van der Waals surface area contributed by atoms with E-state index < -0.39 is 0 Å². The number of nitrogens with zero attached hydrogens (tertiary/aromatic N) is 2. The Labute approximate surface area is 128 Å². The molecule has 0 saturated carbocycles. The van der Waals surface area contributed by atoms with Gasteiger partial charge in [-0.05, 0) is 17.7 Å². The molecule has 3 rings (SSSR count). The molecule has 20 heavy (non-hydrogen) atoms. The van der Waals surface area contributed by atoms with Gasteiger partial charge in [0, 0.05) is 53.7 Å². The lowest BCUT2D eigenvalue weighted by molar-refractivity contribution is 0.686. The zero-order valence-electron chi connectivity index (χ0n) is 11.4.